The highest BCUT2D eigenvalue weighted by Gasteiger charge is 2.28. The Hall–Kier alpha value is -1.38. The summed E-state index contributed by atoms with van der Waals surface area (Å²) < 4.78 is 0. The first-order valence-corrected chi connectivity index (χ1v) is 6.98. The van der Waals surface area contributed by atoms with Gasteiger partial charge in [-0.1, -0.05) is 35.9 Å². The number of rotatable bonds is 2. The zero-order chi connectivity index (χ0) is 13.2. The van der Waals surface area contributed by atoms with Crippen LogP contribution in [0, 0.1) is 5.92 Å². The Bertz CT molecular complexity index is 584. The fourth-order valence-electron chi connectivity index (χ4n) is 2.87. The Labute approximate surface area is 118 Å². The molecular weight excluding hydrogens is 258 g/mol. The summed E-state index contributed by atoms with van der Waals surface area (Å²) in [6.07, 6.45) is 5.85. The van der Waals surface area contributed by atoms with Gasteiger partial charge < -0.3 is 5.11 Å². The molecule has 0 fully saturated rings. The Morgan fingerprint density at radius 1 is 1.26 bits per heavy atom. The molecule has 3 heteroatoms. The van der Waals surface area contributed by atoms with E-state index in [2.05, 4.69) is 11.1 Å². The van der Waals surface area contributed by atoms with Crippen LogP contribution in [0.4, 0.5) is 0 Å². The molecule has 0 radical (unpaired) electrons. The molecule has 3 rings (SSSR count). The Morgan fingerprint density at radius 2 is 2.11 bits per heavy atom. The Balaban J connectivity index is 1.83. The van der Waals surface area contributed by atoms with Crippen molar-refractivity contribution in [3.05, 3.63) is 64.4 Å². The van der Waals surface area contributed by atoms with E-state index in [1.54, 1.807) is 12.4 Å². The van der Waals surface area contributed by atoms with E-state index in [-0.39, 0.29) is 5.92 Å². The molecule has 1 aromatic heterocycles. The number of aliphatic hydroxyl groups is 1. The number of hydrogen-bond donors (Lipinski definition) is 1. The van der Waals surface area contributed by atoms with Crippen LogP contribution in [0.1, 0.15) is 29.2 Å². The van der Waals surface area contributed by atoms with Crippen molar-refractivity contribution >= 4 is 11.6 Å². The molecule has 19 heavy (non-hydrogen) atoms. The van der Waals surface area contributed by atoms with Crippen molar-refractivity contribution in [1.29, 1.82) is 0 Å². The first kappa shape index (κ1) is 12.6. The maximum absolute atomic E-state index is 10.5. The molecule has 0 saturated heterocycles. The van der Waals surface area contributed by atoms with E-state index in [0.717, 1.165) is 30.4 Å². The van der Waals surface area contributed by atoms with E-state index in [0.29, 0.717) is 5.02 Å². The number of nitrogens with zero attached hydrogens (tertiary/aromatic N) is 1. The van der Waals surface area contributed by atoms with Gasteiger partial charge in [-0.05, 0) is 47.9 Å². The summed E-state index contributed by atoms with van der Waals surface area (Å²) >= 11 is 6.15. The van der Waals surface area contributed by atoms with Gasteiger partial charge in [0.1, 0.15) is 0 Å². The van der Waals surface area contributed by atoms with Gasteiger partial charge in [0.05, 0.1) is 11.1 Å². The summed E-state index contributed by atoms with van der Waals surface area (Å²) in [4.78, 5) is 4.00. The summed E-state index contributed by atoms with van der Waals surface area (Å²) in [5.41, 5.74) is 3.41. The second kappa shape index (κ2) is 5.32. The highest BCUT2D eigenvalue weighted by atomic mass is 35.5. The zero-order valence-corrected chi connectivity index (χ0v) is 11.3. The number of hydrogen-bond acceptors (Lipinski definition) is 2. The van der Waals surface area contributed by atoms with Gasteiger partial charge in [-0.15, -0.1) is 0 Å². The number of aryl methyl sites for hydroxylation is 1. The van der Waals surface area contributed by atoms with E-state index in [9.17, 15) is 5.11 Å². The summed E-state index contributed by atoms with van der Waals surface area (Å²) in [5.74, 6) is 0.231. The molecule has 0 saturated carbocycles. The van der Waals surface area contributed by atoms with Crippen molar-refractivity contribution in [2.75, 3.05) is 0 Å². The van der Waals surface area contributed by atoms with Gasteiger partial charge in [0.15, 0.2) is 0 Å². The third kappa shape index (κ3) is 2.51. The van der Waals surface area contributed by atoms with E-state index < -0.39 is 6.10 Å². The maximum Gasteiger partial charge on any atom is 0.0824 e. The lowest BCUT2D eigenvalue weighted by Gasteiger charge is -2.30. The van der Waals surface area contributed by atoms with Crippen LogP contribution < -0.4 is 0 Å². The molecule has 1 aromatic carbocycles. The number of pyridine rings is 1. The van der Waals surface area contributed by atoms with Crippen molar-refractivity contribution < 1.29 is 5.11 Å². The lowest BCUT2D eigenvalue weighted by molar-refractivity contribution is 0.0937. The van der Waals surface area contributed by atoms with Gasteiger partial charge in [-0.2, -0.15) is 0 Å². The van der Waals surface area contributed by atoms with Gasteiger partial charge in [-0.3, -0.25) is 4.98 Å². The molecule has 0 bridgehead atoms. The second-order valence-corrected chi connectivity index (χ2v) is 5.52. The van der Waals surface area contributed by atoms with Gasteiger partial charge in [0.25, 0.3) is 0 Å². The smallest absolute Gasteiger partial charge is 0.0824 e. The van der Waals surface area contributed by atoms with Crippen LogP contribution in [0.3, 0.4) is 0 Å². The largest absolute Gasteiger partial charge is 0.388 e. The van der Waals surface area contributed by atoms with Crippen molar-refractivity contribution in [2.24, 2.45) is 5.92 Å². The Morgan fingerprint density at radius 3 is 2.95 bits per heavy atom. The normalized spacial score (nSPS) is 22.0. The lowest BCUT2D eigenvalue weighted by atomic mass is 9.79. The van der Waals surface area contributed by atoms with Crippen LogP contribution in [0.2, 0.25) is 5.02 Å². The van der Waals surface area contributed by atoms with E-state index >= 15 is 0 Å². The standard InChI is InChI=1S/C16H16ClNO/c17-15-10-18-8-7-12(15)9-13-6-5-11-3-1-2-4-14(11)16(13)19/h1-4,7-8,10,13,16,19H,5-6,9H2. The van der Waals surface area contributed by atoms with Crippen molar-refractivity contribution in [2.45, 2.75) is 25.4 Å². The van der Waals surface area contributed by atoms with E-state index in [4.69, 9.17) is 11.6 Å². The van der Waals surface area contributed by atoms with Crippen LogP contribution in [-0.2, 0) is 12.8 Å². The molecule has 2 aromatic rings. The van der Waals surface area contributed by atoms with Gasteiger partial charge >= 0.3 is 0 Å². The second-order valence-electron chi connectivity index (χ2n) is 5.11. The van der Waals surface area contributed by atoms with Crippen molar-refractivity contribution in [3.8, 4) is 0 Å². The molecule has 0 aliphatic heterocycles. The minimum absolute atomic E-state index is 0.231. The summed E-state index contributed by atoms with van der Waals surface area (Å²) in [7, 11) is 0. The summed E-state index contributed by atoms with van der Waals surface area (Å²) in [6, 6.07) is 10.1. The first-order chi connectivity index (χ1) is 9.25. The number of aliphatic hydroxyl groups excluding tert-OH is 1. The minimum Gasteiger partial charge on any atom is -0.388 e. The molecule has 98 valence electrons. The number of fused-ring (bicyclic) bond motifs is 1. The van der Waals surface area contributed by atoms with Crippen LogP contribution in [0.5, 0.6) is 0 Å². The van der Waals surface area contributed by atoms with E-state index in [1.165, 1.54) is 5.56 Å². The number of benzene rings is 1. The van der Waals surface area contributed by atoms with Gasteiger partial charge in [-0.25, -0.2) is 0 Å². The molecule has 1 heterocycles. The molecule has 1 N–H and O–H groups in total. The molecule has 0 spiro atoms. The lowest BCUT2D eigenvalue weighted by Crippen LogP contribution is -2.22. The topological polar surface area (TPSA) is 33.1 Å². The summed E-state index contributed by atoms with van der Waals surface area (Å²) in [6.45, 7) is 0. The fraction of sp³-hybridized carbons (Fsp3) is 0.312. The maximum atomic E-state index is 10.5. The van der Waals surface area contributed by atoms with Crippen molar-refractivity contribution in [1.82, 2.24) is 4.98 Å². The zero-order valence-electron chi connectivity index (χ0n) is 10.6. The minimum atomic E-state index is -0.394. The van der Waals surface area contributed by atoms with Gasteiger partial charge in [0.2, 0.25) is 0 Å². The average molecular weight is 274 g/mol. The van der Waals surface area contributed by atoms with Gasteiger partial charge in [0, 0.05) is 12.4 Å². The summed E-state index contributed by atoms with van der Waals surface area (Å²) in [5, 5.41) is 11.2. The fourth-order valence-corrected chi connectivity index (χ4v) is 3.07. The van der Waals surface area contributed by atoms with E-state index in [1.807, 2.05) is 24.3 Å². The molecule has 0 amide bonds. The number of halogens is 1. The predicted molar refractivity (Wildman–Crippen MR) is 76.2 cm³/mol. The van der Waals surface area contributed by atoms with Crippen LogP contribution in [0.25, 0.3) is 0 Å². The van der Waals surface area contributed by atoms with Crippen molar-refractivity contribution in [3.63, 3.8) is 0 Å². The first-order valence-electron chi connectivity index (χ1n) is 6.60. The quantitative estimate of drug-likeness (QED) is 0.907. The number of aromatic nitrogens is 1. The average Bonchev–Trinajstić information content (AvgIpc) is 2.44. The molecule has 2 atom stereocenters. The predicted octanol–water partition coefficient (Wildman–Crippen LogP) is 3.57. The molecular formula is C16H16ClNO. The highest BCUT2D eigenvalue weighted by Crippen LogP contribution is 2.36. The van der Waals surface area contributed by atoms with Crippen LogP contribution in [0.15, 0.2) is 42.7 Å². The molecule has 1 aliphatic rings. The molecule has 2 nitrogen and oxygen atoms in total. The molecule has 1 aliphatic carbocycles. The molecule has 2 unspecified atom stereocenters. The SMILES string of the molecule is OC1c2ccccc2CCC1Cc1ccncc1Cl. The third-order valence-electron chi connectivity index (χ3n) is 3.94. The van der Waals surface area contributed by atoms with Crippen LogP contribution >= 0.6 is 11.6 Å². The monoisotopic (exact) mass is 273 g/mol. The Kier molecular flexibility index (Phi) is 3.54. The van der Waals surface area contributed by atoms with Crippen LogP contribution in [-0.4, -0.2) is 10.1 Å². The highest BCUT2D eigenvalue weighted by molar-refractivity contribution is 6.31. The third-order valence-corrected chi connectivity index (χ3v) is 4.28.